The van der Waals surface area contributed by atoms with E-state index in [1.54, 1.807) is 19.3 Å². The Kier molecular flexibility index (Phi) is 6.62. The number of hydrogen-bond donors (Lipinski definition) is 2. The van der Waals surface area contributed by atoms with Crippen LogP contribution < -0.4 is 10.1 Å². The Labute approximate surface area is 181 Å². The molecule has 0 radical (unpaired) electrons. The zero-order valence-electron chi connectivity index (χ0n) is 17.3. The summed E-state index contributed by atoms with van der Waals surface area (Å²) < 4.78 is 16.8. The molecule has 0 saturated carbocycles. The molecule has 1 heterocycles. The third kappa shape index (κ3) is 4.77. The summed E-state index contributed by atoms with van der Waals surface area (Å²) in [4.78, 5) is 12.9. The van der Waals surface area contributed by atoms with Crippen LogP contribution in [-0.4, -0.2) is 44.4 Å². The van der Waals surface area contributed by atoms with Gasteiger partial charge in [-0.05, 0) is 47.2 Å². The van der Waals surface area contributed by atoms with Crippen LogP contribution in [0.4, 0.5) is 5.69 Å². The third-order valence-electron chi connectivity index (χ3n) is 5.16. The standard InChI is InChI=1S/C25H25NO5/c1-29-24-4-2-3-22(25-30-13-14-31-25)21(24)9-10-23(28)19-6-5-18-16-20(26-11-12-27)8-7-17(18)15-19/h2-10,15-16,25-27H,11-14H2,1H3. The highest BCUT2D eigenvalue weighted by Crippen LogP contribution is 2.33. The SMILES string of the molecule is COc1cccc(C2OCCO2)c1C=CC(=O)c1ccc2cc(NCCO)ccc2c1. The molecule has 0 atom stereocenters. The second-order valence-corrected chi connectivity index (χ2v) is 7.16. The molecule has 0 unspecified atom stereocenters. The fourth-order valence-corrected chi connectivity index (χ4v) is 3.63. The van der Waals surface area contributed by atoms with Gasteiger partial charge in [-0.1, -0.05) is 30.3 Å². The molecular weight excluding hydrogens is 394 g/mol. The van der Waals surface area contributed by atoms with Gasteiger partial charge in [-0.15, -0.1) is 0 Å². The van der Waals surface area contributed by atoms with Crippen LogP contribution in [0.25, 0.3) is 16.8 Å². The number of anilines is 1. The number of carbonyl (C=O) groups is 1. The first-order valence-electron chi connectivity index (χ1n) is 10.2. The molecule has 160 valence electrons. The maximum atomic E-state index is 12.9. The second-order valence-electron chi connectivity index (χ2n) is 7.16. The Bertz CT molecular complexity index is 1100. The lowest BCUT2D eigenvalue weighted by atomic mass is 10.0. The van der Waals surface area contributed by atoms with Crippen LogP contribution in [0.3, 0.4) is 0 Å². The first-order valence-corrected chi connectivity index (χ1v) is 10.2. The van der Waals surface area contributed by atoms with E-state index >= 15 is 0 Å². The fraction of sp³-hybridized carbons (Fsp3) is 0.240. The van der Waals surface area contributed by atoms with Crippen LogP contribution in [0.1, 0.15) is 27.8 Å². The van der Waals surface area contributed by atoms with Gasteiger partial charge in [0.15, 0.2) is 12.1 Å². The first kappa shape index (κ1) is 21.1. The molecule has 0 amide bonds. The minimum Gasteiger partial charge on any atom is -0.496 e. The number of methoxy groups -OCH3 is 1. The number of benzene rings is 3. The van der Waals surface area contributed by atoms with Crippen molar-refractivity contribution in [3.05, 3.63) is 77.4 Å². The Morgan fingerprint density at radius 3 is 2.68 bits per heavy atom. The Hall–Kier alpha value is -3.19. The molecule has 0 aliphatic carbocycles. The monoisotopic (exact) mass is 419 g/mol. The van der Waals surface area contributed by atoms with E-state index in [0.29, 0.717) is 31.1 Å². The fourth-order valence-electron chi connectivity index (χ4n) is 3.63. The molecular formula is C25H25NO5. The number of ketones is 1. The van der Waals surface area contributed by atoms with Crippen molar-refractivity contribution in [1.82, 2.24) is 0 Å². The summed E-state index contributed by atoms with van der Waals surface area (Å²) in [5.41, 5.74) is 3.14. The molecule has 31 heavy (non-hydrogen) atoms. The molecule has 1 aliphatic rings. The number of hydrogen-bond acceptors (Lipinski definition) is 6. The number of aliphatic hydroxyl groups excluding tert-OH is 1. The van der Waals surface area contributed by atoms with Gasteiger partial charge in [0.05, 0.1) is 26.9 Å². The summed E-state index contributed by atoms with van der Waals surface area (Å²) in [5, 5.41) is 14.1. The summed E-state index contributed by atoms with van der Waals surface area (Å²) in [6.45, 7) is 1.65. The molecule has 3 aromatic carbocycles. The van der Waals surface area contributed by atoms with Crippen LogP contribution in [0.15, 0.2) is 60.7 Å². The van der Waals surface area contributed by atoms with Crippen molar-refractivity contribution in [2.75, 3.05) is 38.8 Å². The van der Waals surface area contributed by atoms with Crippen LogP contribution in [0.5, 0.6) is 5.75 Å². The predicted molar refractivity (Wildman–Crippen MR) is 121 cm³/mol. The molecule has 6 heteroatoms. The van der Waals surface area contributed by atoms with Crippen LogP contribution in [0, 0.1) is 0 Å². The van der Waals surface area contributed by atoms with Gasteiger partial charge in [-0.2, -0.15) is 0 Å². The van der Waals surface area contributed by atoms with Crippen molar-refractivity contribution in [3.63, 3.8) is 0 Å². The van der Waals surface area contributed by atoms with Gasteiger partial charge in [0.2, 0.25) is 0 Å². The van der Waals surface area contributed by atoms with E-state index in [1.807, 2.05) is 54.6 Å². The number of carbonyl (C=O) groups excluding carboxylic acids is 1. The minimum absolute atomic E-state index is 0.0741. The van der Waals surface area contributed by atoms with E-state index < -0.39 is 6.29 Å². The van der Waals surface area contributed by atoms with E-state index in [0.717, 1.165) is 27.6 Å². The minimum atomic E-state index is -0.459. The van der Waals surface area contributed by atoms with E-state index in [2.05, 4.69) is 5.32 Å². The zero-order chi connectivity index (χ0) is 21.6. The molecule has 0 spiro atoms. The summed E-state index contributed by atoms with van der Waals surface area (Å²) in [5.74, 6) is 0.552. The van der Waals surface area contributed by atoms with Crippen LogP contribution >= 0.6 is 0 Å². The van der Waals surface area contributed by atoms with E-state index in [1.165, 1.54) is 0 Å². The van der Waals surface area contributed by atoms with Crippen molar-refractivity contribution in [2.24, 2.45) is 0 Å². The van der Waals surface area contributed by atoms with Crippen molar-refractivity contribution in [1.29, 1.82) is 0 Å². The lowest BCUT2D eigenvalue weighted by molar-refractivity contribution is -0.0443. The van der Waals surface area contributed by atoms with E-state index in [9.17, 15) is 4.79 Å². The van der Waals surface area contributed by atoms with Gasteiger partial charge in [0.25, 0.3) is 0 Å². The lowest BCUT2D eigenvalue weighted by Gasteiger charge is -2.15. The first-order chi connectivity index (χ1) is 15.2. The molecule has 6 nitrogen and oxygen atoms in total. The number of aliphatic hydroxyl groups is 1. The second kappa shape index (κ2) is 9.75. The van der Waals surface area contributed by atoms with Gasteiger partial charge in [-0.3, -0.25) is 4.79 Å². The predicted octanol–water partition coefficient (Wildman–Crippen LogP) is 4.19. The van der Waals surface area contributed by atoms with Gasteiger partial charge in [-0.25, -0.2) is 0 Å². The smallest absolute Gasteiger partial charge is 0.185 e. The quantitative estimate of drug-likeness (QED) is 0.421. The summed E-state index contributed by atoms with van der Waals surface area (Å²) in [6.07, 6.45) is 2.85. The van der Waals surface area contributed by atoms with E-state index in [-0.39, 0.29) is 12.4 Å². The molecule has 4 rings (SSSR count). The topological polar surface area (TPSA) is 77.0 Å². The molecule has 1 aliphatic heterocycles. The molecule has 1 saturated heterocycles. The third-order valence-corrected chi connectivity index (χ3v) is 5.16. The Morgan fingerprint density at radius 1 is 1.13 bits per heavy atom. The van der Waals surface area contributed by atoms with E-state index in [4.69, 9.17) is 19.3 Å². The Morgan fingerprint density at radius 2 is 1.90 bits per heavy atom. The van der Waals surface area contributed by atoms with Gasteiger partial charge >= 0.3 is 0 Å². The average molecular weight is 419 g/mol. The summed E-state index contributed by atoms with van der Waals surface area (Å²) in [7, 11) is 1.60. The van der Waals surface area contributed by atoms with Crippen LogP contribution in [0.2, 0.25) is 0 Å². The zero-order valence-corrected chi connectivity index (χ0v) is 17.3. The molecule has 3 aromatic rings. The van der Waals surface area contributed by atoms with Crippen LogP contribution in [-0.2, 0) is 9.47 Å². The number of fused-ring (bicyclic) bond motifs is 1. The maximum Gasteiger partial charge on any atom is 0.185 e. The number of rotatable bonds is 8. The number of allylic oxidation sites excluding steroid dienone is 1. The highest BCUT2D eigenvalue weighted by atomic mass is 16.7. The van der Waals surface area contributed by atoms with Gasteiger partial charge in [0.1, 0.15) is 5.75 Å². The Balaban J connectivity index is 1.58. The van der Waals surface area contributed by atoms with Gasteiger partial charge in [0, 0.05) is 28.9 Å². The van der Waals surface area contributed by atoms with Crippen molar-refractivity contribution < 1.29 is 24.1 Å². The molecule has 0 bridgehead atoms. The van der Waals surface area contributed by atoms with Gasteiger partial charge < -0.3 is 24.6 Å². The van der Waals surface area contributed by atoms with Crippen molar-refractivity contribution in [2.45, 2.75) is 6.29 Å². The highest BCUT2D eigenvalue weighted by Gasteiger charge is 2.22. The summed E-state index contributed by atoms with van der Waals surface area (Å²) in [6, 6.07) is 17.2. The molecule has 2 N–H and O–H groups in total. The lowest BCUT2D eigenvalue weighted by Crippen LogP contribution is -2.05. The maximum absolute atomic E-state index is 12.9. The average Bonchev–Trinajstić information content (AvgIpc) is 3.35. The molecule has 1 fully saturated rings. The normalized spacial score (nSPS) is 14.4. The summed E-state index contributed by atoms with van der Waals surface area (Å²) >= 11 is 0. The molecule has 0 aromatic heterocycles. The van der Waals surface area contributed by atoms with Crippen molar-refractivity contribution in [3.8, 4) is 5.75 Å². The largest absolute Gasteiger partial charge is 0.496 e. The number of ether oxygens (including phenoxy) is 3. The van der Waals surface area contributed by atoms with Crippen molar-refractivity contribution >= 4 is 28.3 Å². The number of nitrogens with one attached hydrogen (secondary N) is 1. The highest BCUT2D eigenvalue weighted by molar-refractivity contribution is 6.09.